The number of likely N-dealkylation sites (N-methyl/N-ethyl adjacent to an activating group) is 1. The van der Waals surface area contributed by atoms with Gasteiger partial charge in [0.25, 0.3) is 5.91 Å². The third-order valence-corrected chi connectivity index (χ3v) is 8.26. The van der Waals surface area contributed by atoms with E-state index in [1.165, 1.54) is 24.8 Å². The maximum atomic E-state index is 13.0. The SMILES string of the molecule is Cc1ccccc1/C=C1\SC2CCC(C(=O)NC3CCCCC3)CC2N(C)C1=O. The Morgan fingerprint density at radius 3 is 2.66 bits per heavy atom. The fourth-order valence-electron chi connectivity index (χ4n) is 4.99. The first kappa shape index (κ1) is 20.5. The Labute approximate surface area is 178 Å². The smallest absolute Gasteiger partial charge is 0.260 e. The molecule has 4 nitrogen and oxygen atoms in total. The van der Waals surface area contributed by atoms with E-state index in [1.807, 2.05) is 30.2 Å². The molecule has 1 aliphatic heterocycles. The fourth-order valence-corrected chi connectivity index (χ4v) is 6.46. The average Bonchev–Trinajstić information content (AvgIpc) is 2.74. The van der Waals surface area contributed by atoms with Gasteiger partial charge in [-0.25, -0.2) is 0 Å². The number of fused-ring (bicyclic) bond motifs is 1. The van der Waals surface area contributed by atoms with E-state index in [0.29, 0.717) is 11.3 Å². The number of rotatable bonds is 3. The molecule has 3 unspecified atom stereocenters. The number of aryl methyl sites for hydroxylation is 1. The molecular weight excluding hydrogens is 380 g/mol. The van der Waals surface area contributed by atoms with E-state index >= 15 is 0 Å². The minimum atomic E-state index is 0.0379. The zero-order valence-corrected chi connectivity index (χ0v) is 18.3. The average molecular weight is 413 g/mol. The van der Waals surface area contributed by atoms with Crippen molar-refractivity contribution < 1.29 is 9.59 Å². The molecule has 1 N–H and O–H groups in total. The minimum absolute atomic E-state index is 0.0379. The Bertz CT molecular complexity index is 800. The van der Waals surface area contributed by atoms with Crippen molar-refractivity contribution in [1.29, 1.82) is 0 Å². The molecule has 3 fully saturated rings. The summed E-state index contributed by atoms with van der Waals surface area (Å²) in [5, 5.41) is 3.68. The van der Waals surface area contributed by atoms with Crippen molar-refractivity contribution in [3.63, 3.8) is 0 Å². The number of nitrogens with zero attached hydrogens (tertiary/aromatic N) is 1. The molecule has 0 aromatic heterocycles. The van der Waals surface area contributed by atoms with Gasteiger partial charge in [0, 0.05) is 30.3 Å². The molecule has 2 saturated carbocycles. The molecule has 1 saturated heterocycles. The Morgan fingerprint density at radius 1 is 1.14 bits per heavy atom. The number of carbonyl (C=O) groups excluding carboxylic acids is 2. The first-order valence-electron chi connectivity index (χ1n) is 11.0. The lowest BCUT2D eigenvalue weighted by Gasteiger charge is -2.44. The van der Waals surface area contributed by atoms with Crippen LogP contribution >= 0.6 is 11.8 Å². The van der Waals surface area contributed by atoms with Gasteiger partial charge >= 0.3 is 0 Å². The summed E-state index contributed by atoms with van der Waals surface area (Å²) in [4.78, 5) is 28.6. The number of nitrogens with one attached hydrogen (secondary N) is 1. The highest BCUT2D eigenvalue weighted by molar-refractivity contribution is 8.04. The monoisotopic (exact) mass is 412 g/mol. The van der Waals surface area contributed by atoms with Gasteiger partial charge in [0.1, 0.15) is 0 Å². The van der Waals surface area contributed by atoms with Crippen molar-refractivity contribution in [1.82, 2.24) is 10.2 Å². The van der Waals surface area contributed by atoms with Crippen molar-refractivity contribution >= 4 is 29.7 Å². The number of amides is 2. The minimum Gasteiger partial charge on any atom is -0.353 e. The largest absolute Gasteiger partial charge is 0.353 e. The third-order valence-electron chi connectivity index (χ3n) is 6.86. The number of carbonyl (C=O) groups is 2. The summed E-state index contributed by atoms with van der Waals surface area (Å²) in [5.41, 5.74) is 2.29. The van der Waals surface area contributed by atoms with Crippen molar-refractivity contribution in [2.45, 2.75) is 75.6 Å². The predicted molar refractivity (Wildman–Crippen MR) is 119 cm³/mol. The van der Waals surface area contributed by atoms with Crippen LogP contribution < -0.4 is 5.32 Å². The number of hydrogen-bond acceptors (Lipinski definition) is 3. The number of thioether (sulfide) groups is 1. The first-order chi connectivity index (χ1) is 14.0. The molecule has 29 heavy (non-hydrogen) atoms. The van der Waals surface area contributed by atoms with E-state index in [4.69, 9.17) is 0 Å². The molecule has 156 valence electrons. The van der Waals surface area contributed by atoms with Gasteiger partial charge in [0.15, 0.2) is 0 Å². The molecular formula is C24H32N2O2S. The summed E-state index contributed by atoms with van der Waals surface area (Å²) < 4.78 is 0. The second-order valence-electron chi connectivity index (χ2n) is 8.86. The topological polar surface area (TPSA) is 49.4 Å². The standard InChI is InChI=1S/C24H32N2O2S/c1-16-8-6-7-9-17(16)15-22-24(28)26(2)20-14-18(12-13-21(20)29-22)23(27)25-19-10-4-3-5-11-19/h6-9,15,18-21H,3-5,10-14H2,1-2H3,(H,25,27)/b22-15-. The molecule has 3 atom stereocenters. The predicted octanol–water partition coefficient (Wildman–Crippen LogP) is 4.53. The number of hydrogen-bond donors (Lipinski definition) is 1. The number of benzene rings is 1. The lowest BCUT2D eigenvalue weighted by atomic mass is 9.83. The molecule has 2 amide bonds. The molecule has 4 rings (SSSR count). The van der Waals surface area contributed by atoms with E-state index in [2.05, 4.69) is 24.4 Å². The van der Waals surface area contributed by atoms with E-state index in [9.17, 15) is 9.59 Å². The van der Waals surface area contributed by atoms with E-state index in [-0.39, 0.29) is 23.8 Å². The van der Waals surface area contributed by atoms with Crippen LogP contribution in [0.2, 0.25) is 0 Å². The summed E-state index contributed by atoms with van der Waals surface area (Å²) in [6, 6.07) is 8.69. The molecule has 1 aromatic rings. The molecule has 1 heterocycles. The highest BCUT2D eigenvalue weighted by Crippen LogP contribution is 2.43. The van der Waals surface area contributed by atoms with Gasteiger partial charge in [-0.05, 0) is 56.2 Å². The maximum Gasteiger partial charge on any atom is 0.260 e. The molecule has 0 radical (unpaired) electrons. The van der Waals surface area contributed by atoms with Crippen LogP contribution in [0.15, 0.2) is 29.2 Å². The van der Waals surface area contributed by atoms with Gasteiger partial charge in [-0.1, -0.05) is 43.5 Å². The Hall–Kier alpha value is -1.75. The molecule has 1 aromatic carbocycles. The zero-order valence-electron chi connectivity index (χ0n) is 17.5. The zero-order chi connectivity index (χ0) is 20.4. The third kappa shape index (κ3) is 4.55. The lowest BCUT2D eigenvalue weighted by molar-refractivity contribution is -0.132. The van der Waals surface area contributed by atoms with Crippen molar-refractivity contribution in [2.24, 2.45) is 5.92 Å². The lowest BCUT2D eigenvalue weighted by Crippen LogP contribution is -2.53. The fraction of sp³-hybridized carbons (Fsp3) is 0.583. The first-order valence-corrected chi connectivity index (χ1v) is 11.9. The van der Waals surface area contributed by atoms with Crippen LogP contribution in [0.25, 0.3) is 6.08 Å². The summed E-state index contributed by atoms with van der Waals surface area (Å²) in [5.74, 6) is 0.339. The molecule has 0 spiro atoms. The van der Waals surface area contributed by atoms with Crippen LogP contribution in [0.4, 0.5) is 0 Å². The van der Waals surface area contributed by atoms with Crippen molar-refractivity contribution in [3.05, 3.63) is 40.3 Å². The Kier molecular flexibility index (Phi) is 6.33. The van der Waals surface area contributed by atoms with Crippen LogP contribution in [0, 0.1) is 12.8 Å². The van der Waals surface area contributed by atoms with Crippen LogP contribution in [-0.4, -0.2) is 41.1 Å². The summed E-state index contributed by atoms with van der Waals surface area (Å²) in [7, 11) is 1.91. The molecule has 3 aliphatic rings. The summed E-state index contributed by atoms with van der Waals surface area (Å²) in [6.45, 7) is 2.08. The molecule has 5 heteroatoms. The van der Waals surface area contributed by atoms with Crippen LogP contribution in [-0.2, 0) is 9.59 Å². The van der Waals surface area contributed by atoms with E-state index < -0.39 is 0 Å². The van der Waals surface area contributed by atoms with Gasteiger partial charge in [0.2, 0.25) is 5.91 Å². The quantitative estimate of drug-likeness (QED) is 0.742. The molecule has 2 aliphatic carbocycles. The highest BCUT2D eigenvalue weighted by atomic mass is 32.2. The Balaban J connectivity index is 1.42. The van der Waals surface area contributed by atoms with Gasteiger partial charge in [-0.15, -0.1) is 11.8 Å². The van der Waals surface area contributed by atoms with Gasteiger partial charge in [-0.3, -0.25) is 9.59 Å². The van der Waals surface area contributed by atoms with Crippen LogP contribution in [0.1, 0.15) is 62.5 Å². The maximum absolute atomic E-state index is 13.0. The summed E-state index contributed by atoms with van der Waals surface area (Å²) in [6.07, 6.45) is 10.7. The normalized spacial score (nSPS) is 29.6. The van der Waals surface area contributed by atoms with Crippen molar-refractivity contribution in [3.8, 4) is 0 Å². The second-order valence-corrected chi connectivity index (χ2v) is 10.1. The van der Waals surface area contributed by atoms with Crippen LogP contribution in [0.3, 0.4) is 0 Å². The van der Waals surface area contributed by atoms with E-state index in [1.54, 1.807) is 11.8 Å². The van der Waals surface area contributed by atoms with Gasteiger partial charge in [0.05, 0.1) is 4.91 Å². The van der Waals surface area contributed by atoms with Crippen molar-refractivity contribution in [2.75, 3.05) is 7.05 Å². The Morgan fingerprint density at radius 2 is 1.90 bits per heavy atom. The summed E-state index contributed by atoms with van der Waals surface area (Å²) >= 11 is 1.72. The highest BCUT2D eigenvalue weighted by Gasteiger charge is 2.43. The second kappa shape index (κ2) is 8.95. The van der Waals surface area contributed by atoms with Gasteiger partial charge < -0.3 is 10.2 Å². The molecule has 0 bridgehead atoms. The van der Waals surface area contributed by atoms with Gasteiger partial charge in [-0.2, -0.15) is 0 Å². The van der Waals surface area contributed by atoms with Crippen LogP contribution in [0.5, 0.6) is 0 Å². The van der Waals surface area contributed by atoms with E-state index in [0.717, 1.165) is 42.6 Å².